The first-order valence-corrected chi connectivity index (χ1v) is 10.4. The lowest BCUT2D eigenvalue weighted by atomic mass is 10.1. The van der Waals surface area contributed by atoms with Crippen LogP contribution in [0.3, 0.4) is 0 Å². The smallest absolute Gasteiger partial charge is 0.233 e. The van der Waals surface area contributed by atoms with Crippen LogP contribution in [0.25, 0.3) is 10.2 Å². The van der Waals surface area contributed by atoms with Crippen LogP contribution in [0.1, 0.15) is 19.4 Å². The van der Waals surface area contributed by atoms with Crippen molar-refractivity contribution in [2.75, 3.05) is 31.1 Å². The van der Waals surface area contributed by atoms with E-state index in [0.29, 0.717) is 11.6 Å². The van der Waals surface area contributed by atoms with Crippen LogP contribution in [0.4, 0.5) is 5.13 Å². The van der Waals surface area contributed by atoms with Crippen molar-refractivity contribution >= 4 is 44.2 Å². The lowest BCUT2D eigenvalue weighted by Crippen LogP contribution is -2.39. The average molecular weight is 402 g/mol. The number of para-hydroxylation sites is 1. The summed E-state index contributed by atoms with van der Waals surface area (Å²) in [5.74, 6) is 0.0225. The van der Waals surface area contributed by atoms with Gasteiger partial charge in [-0.1, -0.05) is 67.1 Å². The lowest BCUT2D eigenvalue weighted by molar-refractivity contribution is -0.118. The molecule has 0 fully saturated rings. The van der Waals surface area contributed by atoms with E-state index in [2.05, 4.69) is 18.7 Å². The van der Waals surface area contributed by atoms with E-state index in [4.69, 9.17) is 16.6 Å². The Morgan fingerprint density at radius 3 is 2.44 bits per heavy atom. The van der Waals surface area contributed by atoms with E-state index in [1.54, 1.807) is 11.3 Å². The van der Waals surface area contributed by atoms with E-state index in [0.717, 1.165) is 40.5 Å². The van der Waals surface area contributed by atoms with Crippen LogP contribution in [-0.4, -0.2) is 42.0 Å². The second-order valence-corrected chi connectivity index (χ2v) is 7.72. The molecule has 6 heteroatoms. The maximum absolute atomic E-state index is 13.1. The second kappa shape index (κ2) is 9.31. The molecule has 27 heavy (non-hydrogen) atoms. The number of anilines is 1. The number of likely N-dealkylation sites (N-methyl/N-ethyl adjacent to an activating group) is 1. The van der Waals surface area contributed by atoms with Gasteiger partial charge in [-0.05, 0) is 36.9 Å². The molecule has 1 aromatic heterocycles. The summed E-state index contributed by atoms with van der Waals surface area (Å²) in [7, 11) is 0. The van der Waals surface area contributed by atoms with Gasteiger partial charge in [0.2, 0.25) is 5.91 Å². The third-order valence-electron chi connectivity index (χ3n) is 4.65. The fraction of sp³-hybridized carbons (Fsp3) is 0.333. The van der Waals surface area contributed by atoms with Crippen LogP contribution in [0.5, 0.6) is 0 Å². The quantitative estimate of drug-likeness (QED) is 0.540. The number of halogens is 1. The van der Waals surface area contributed by atoms with Gasteiger partial charge in [0, 0.05) is 18.1 Å². The highest BCUT2D eigenvalue weighted by atomic mass is 35.5. The zero-order chi connectivity index (χ0) is 19.2. The molecule has 0 saturated carbocycles. The summed E-state index contributed by atoms with van der Waals surface area (Å²) in [5, 5.41) is 1.37. The van der Waals surface area contributed by atoms with Gasteiger partial charge in [-0.15, -0.1) is 0 Å². The largest absolute Gasteiger partial charge is 0.302 e. The van der Waals surface area contributed by atoms with E-state index >= 15 is 0 Å². The number of thiazole rings is 1. The lowest BCUT2D eigenvalue weighted by Gasteiger charge is -2.25. The van der Waals surface area contributed by atoms with Gasteiger partial charge in [-0.2, -0.15) is 0 Å². The Labute approximate surface area is 169 Å². The number of benzene rings is 2. The first kappa shape index (κ1) is 19.8. The number of nitrogens with zero attached hydrogens (tertiary/aromatic N) is 3. The minimum atomic E-state index is 0.0225. The Balaban J connectivity index is 1.86. The van der Waals surface area contributed by atoms with E-state index in [1.807, 2.05) is 53.4 Å². The zero-order valence-corrected chi connectivity index (χ0v) is 17.3. The predicted octanol–water partition coefficient (Wildman–Crippen LogP) is 4.87. The van der Waals surface area contributed by atoms with Gasteiger partial charge < -0.3 is 4.90 Å². The number of aromatic nitrogens is 1. The Morgan fingerprint density at radius 2 is 1.74 bits per heavy atom. The van der Waals surface area contributed by atoms with E-state index in [1.165, 1.54) is 0 Å². The third-order valence-corrected chi connectivity index (χ3v) is 6.08. The Morgan fingerprint density at radius 1 is 1.04 bits per heavy atom. The van der Waals surface area contributed by atoms with E-state index in [-0.39, 0.29) is 12.3 Å². The number of fused-ring (bicyclic) bond motifs is 1. The van der Waals surface area contributed by atoms with Crippen molar-refractivity contribution in [2.24, 2.45) is 0 Å². The Kier molecular flexibility index (Phi) is 6.83. The second-order valence-electron chi connectivity index (χ2n) is 6.30. The summed E-state index contributed by atoms with van der Waals surface area (Å²) in [6.07, 6.45) is 0.272. The SMILES string of the molecule is CCN(CC)CCN(C(=O)Cc1ccccc1Cl)c1nc2ccccc2s1. The first-order valence-electron chi connectivity index (χ1n) is 9.24. The maximum atomic E-state index is 13.1. The summed E-state index contributed by atoms with van der Waals surface area (Å²) in [6, 6.07) is 15.5. The van der Waals surface area contributed by atoms with Gasteiger partial charge in [0.1, 0.15) is 0 Å². The van der Waals surface area contributed by atoms with Crippen molar-refractivity contribution in [1.29, 1.82) is 0 Å². The van der Waals surface area contributed by atoms with Gasteiger partial charge in [0.15, 0.2) is 5.13 Å². The molecular formula is C21H24ClN3OS. The molecule has 1 heterocycles. The van der Waals surface area contributed by atoms with Gasteiger partial charge in [-0.25, -0.2) is 4.98 Å². The minimum absolute atomic E-state index is 0.0225. The fourth-order valence-electron chi connectivity index (χ4n) is 2.98. The van der Waals surface area contributed by atoms with Crippen molar-refractivity contribution in [3.05, 3.63) is 59.1 Å². The normalized spacial score (nSPS) is 11.3. The van der Waals surface area contributed by atoms with Gasteiger partial charge >= 0.3 is 0 Å². The highest BCUT2D eigenvalue weighted by molar-refractivity contribution is 7.22. The van der Waals surface area contributed by atoms with Crippen molar-refractivity contribution < 1.29 is 4.79 Å². The zero-order valence-electron chi connectivity index (χ0n) is 15.7. The molecule has 0 atom stereocenters. The molecule has 4 nitrogen and oxygen atoms in total. The number of carbonyl (C=O) groups excluding carboxylic acids is 1. The number of hydrogen-bond donors (Lipinski definition) is 0. The van der Waals surface area contributed by atoms with E-state index < -0.39 is 0 Å². The van der Waals surface area contributed by atoms with Gasteiger partial charge in [0.05, 0.1) is 16.6 Å². The van der Waals surface area contributed by atoms with Crippen molar-refractivity contribution in [2.45, 2.75) is 20.3 Å². The van der Waals surface area contributed by atoms with Crippen LogP contribution in [0, 0.1) is 0 Å². The molecule has 1 amide bonds. The summed E-state index contributed by atoms with van der Waals surface area (Å²) in [5.41, 5.74) is 1.77. The molecule has 0 radical (unpaired) electrons. The van der Waals surface area contributed by atoms with Crippen LogP contribution >= 0.6 is 22.9 Å². The third kappa shape index (κ3) is 4.86. The summed E-state index contributed by atoms with van der Waals surface area (Å²) < 4.78 is 1.09. The van der Waals surface area contributed by atoms with Gasteiger partial charge in [-0.3, -0.25) is 9.69 Å². The number of rotatable bonds is 8. The average Bonchev–Trinajstić information content (AvgIpc) is 3.10. The molecular weight excluding hydrogens is 378 g/mol. The minimum Gasteiger partial charge on any atom is -0.302 e. The Hall–Kier alpha value is -1.95. The fourth-order valence-corrected chi connectivity index (χ4v) is 4.20. The molecule has 2 aromatic carbocycles. The molecule has 0 aliphatic rings. The monoisotopic (exact) mass is 401 g/mol. The summed E-state index contributed by atoms with van der Waals surface area (Å²) in [6.45, 7) is 7.63. The molecule has 142 valence electrons. The topological polar surface area (TPSA) is 36.4 Å². The van der Waals surface area contributed by atoms with Crippen LogP contribution in [0.15, 0.2) is 48.5 Å². The van der Waals surface area contributed by atoms with Crippen LogP contribution in [-0.2, 0) is 11.2 Å². The molecule has 3 aromatic rings. The van der Waals surface area contributed by atoms with Crippen molar-refractivity contribution in [3.8, 4) is 0 Å². The van der Waals surface area contributed by atoms with Gasteiger partial charge in [0.25, 0.3) is 0 Å². The highest BCUT2D eigenvalue weighted by Gasteiger charge is 2.21. The highest BCUT2D eigenvalue weighted by Crippen LogP contribution is 2.29. The number of hydrogen-bond acceptors (Lipinski definition) is 4. The molecule has 0 bridgehead atoms. The maximum Gasteiger partial charge on any atom is 0.233 e. The molecule has 0 unspecified atom stereocenters. The summed E-state index contributed by atoms with van der Waals surface area (Å²) in [4.78, 5) is 22.0. The molecule has 0 aliphatic carbocycles. The number of carbonyl (C=O) groups is 1. The number of amides is 1. The Bertz CT molecular complexity index is 874. The predicted molar refractivity (Wildman–Crippen MR) is 115 cm³/mol. The molecule has 0 aliphatic heterocycles. The van der Waals surface area contributed by atoms with Crippen molar-refractivity contribution in [3.63, 3.8) is 0 Å². The summed E-state index contributed by atoms with van der Waals surface area (Å²) >= 11 is 7.82. The van der Waals surface area contributed by atoms with E-state index in [9.17, 15) is 4.79 Å². The molecule has 0 N–H and O–H groups in total. The van der Waals surface area contributed by atoms with Crippen molar-refractivity contribution in [1.82, 2.24) is 9.88 Å². The standard InChI is InChI=1S/C21H24ClN3OS/c1-3-24(4-2)13-14-25(20(26)15-16-9-5-6-10-17(16)22)21-23-18-11-7-8-12-19(18)27-21/h5-12H,3-4,13-15H2,1-2H3. The first-order chi connectivity index (χ1) is 13.1. The van der Waals surface area contributed by atoms with Crippen LogP contribution < -0.4 is 4.90 Å². The molecule has 3 rings (SSSR count). The molecule has 0 saturated heterocycles. The van der Waals surface area contributed by atoms with Crippen LogP contribution in [0.2, 0.25) is 5.02 Å². The molecule has 0 spiro atoms.